The second kappa shape index (κ2) is 11.2. The Kier molecular flexibility index (Phi) is 8.64. The molecule has 3 aliphatic rings. The molecule has 1 N–H and O–H groups in total. The van der Waals surface area contributed by atoms with Crippen LogP contribution in [0.5, 0.6) is 5.88 Å². The van der Waals surface area contributed by atoms with E-state index in [-0.39, 0.29) is 12.0 Å². The highest BCUT2D eigenvalue weighted by atomic mass is 32.2. The summed E-state index contributed by atoms with van der Waals surface area (Å²) < 4.78 is 43.5. The van der Waals surface area contributed by atoms with Crippen LogP contribution in [0, 0.1) is 17.8 Å². The third-order valence-electron chi connectivity index (χ3n) is 5.94. The Labute approximate surface area is 188 Å². The molecule has 0 spiro atoms. The molecule has 3 atom stereocenters. The Morgan fingerprint density at radius 2 is 1.97 bits per heavy atom. The minimum absolute atomic E-state index is 0.224. The molecule has 0 aliphatic carbocycles. The molecule has 4 heterocycles. The molecule has 178 valence electrons. The lowest BCUT2D eigenvalue weighted by molar-refractivity contribution is -0.192. The number of alkyl halides is 3. The zero-order valence-corrected chi connectivity index (χ0v) is 18.3. The minimum atomic E-state index is -5.08. The maximum Gasteiger partial charge on any atom is 0.490 e. The lowest BCUT2D eigenvalue weighted by atomic mass is 9.91. The summed E-state index contributed by atoms with van der Waals surface area (Å²) in [4.78, 5) is 27.9. The number of likely N-dealkylation sites (tertiary alicyclic amines) is 1. The number of fused-ring (bicyclic) bond motifs is 1. The first-order valence-corrected chi connectivity index (χ1v) is 11.7. The van der Waals surface area contributed by atoms with Crippen LogP contribution in [0.25, 0.3) is 0 Å². The monoisotopic (exact) mass is 476 g/mol. The smallest absolute Gasteiger partial charge is 0.478 e. The van der Waals surface area contributed by atoms with Gasteiger partial charge in [-0.3, -0.25) is 4.79 Å². The molecule has 1 aromatic rings. The molecule has 1 aromatic heterocycles. The Morgan fingerprint density at radius 1 is 1.25 bits per heavy atom. The number of rotatable bonds is 5. The van der Waals surface area contributed by atoms with Gasteiger partial charge in [-0.25, -0.2) is 9.78 Å². The third-order valence-corrected chi connectivity index (χ3v) is 6.99. The van der Waals surface area contributed by atoms with Crippen molar-refractivity contribution in [3.05, 3.63) is 24.4 Å². The van der Waals surface area contributed by atoms with Crippen LogP contribution in [0.4, 0.5) is 13.2 Å². The van der Waals surface area contributed by atoms with Gasteiger partial charge in [0.2, 0.25) is 11.8 Å². The summed E-state index contributed by atoms with van der Waals surface area (Å²) in [6, 6.07) is 5.70. The molecule has 3 saturated heterocycles. The highest BCUT2D eigenvalue weighted by Gasteiger charge is 2.45. The molecule has 0 radical (unpaired) electrons. The first-order valence-electron chi connectivity index (χ1n) is 10.6. The zero-order chi connectivity index (χ0) is 23.1. The lowest BCUT2D eigenvalue weighted by Gasteiger charge is -2.27. The summed E-state index contributed by atoms with van der Waals surface area (Å²) in [6.45, 7) is 3.09. The van der Waals surface area contributed by atoms with E-state index < -0.39 is 12.1 Å². The van der Waals surface area contributed by atoms with Gasteiger partial charge in [-0.1, -0.05) is 6.07 Å². The molecule has 4 rings (SSSR count). The van der Waals surface area contributed by atoms with E-state index in [1.54, 1.807) is 6.20 Å². The molecular formula is C21H27F3N2O5S. The number of hydrogen-bond donors (Lipinski definition) is 1. The van der Waals surface area contributed by atoms with Crippen LogP contribution in [0.15, 0.2) is 24.4 Å². The maximum absolute atomic E-state index is 12.8. The van der Waals surface area contributed by atoms with Gasteiger partial charge in [0.05, 0.1) is 19.3 Å². The van der Waals surface area contributed by atoms with Gasteiger partial charge in [-0.05, 0) is 42.8 Å². The predicted molar refractivity (Wildman–Crippen MR) is 111 cm³/mol. The summed E-state index contributed by atoms with van der Waals surface area (Å²) in [5.74, 6) is 1.72. The number of thioether (sulfide) groups is 1. The predicted octanol–water partition coefficient (Wildman–Crippen LogP) is 3.10. The number of ether oxygens (including phenoxy) is 2. The van der Waals surface area contributed by atoms with Gasteiger partial charge < -0.3 is 19.5 Å². The van der Waals surface area contributed by atoms with E-state index in [4.69, 9.17) is 19.4 Å². The van der Waals surface area contributed by atoms with Crippen LogP contribution >= 0.6 is 11.8 Å². The van der Waals surface area contributed by atoms with E-state index in [2.05, 4.69) is 9.88 Å². The molecule has 32 heavy (non-hydrogen) atoms. The van der Waals surface area contributed by atoms with Crippen molar-refractivity contribution in [2.75, 3.05) is 37.8 Å². The molecule has 0 bridgehead atoms. The highest BCUT2D eigenvalue weighted by molar-refractivity contribution is 7.99. The summed E-state index contributed by atoms with van der Waals surface area (Å²) in [5.41, 5.74) is 0. The molecule has 1 amide bonds. The fraction of sp³-hybridized carbons (Fsp3) is 0.667. The quantitative estimate of drug-likeness (QED) is 0.699. The van der Waals surface area contributed by atoms with Gasteiger partial charge in [0, 0.05) is 37.2 Å². The molecule has 0 unspecified atom stereocenters. The summed E-state index contributed by atoms with van der Waals surface area (Å²) in [6.07, 6.45) is -0.0785. The number of hydrogen-bond acceptors (Lipinski definition) is 6. The Hall–Kier alpha value is -2.01. The average Bonchev–Trinajstić information content (AvgIpc) is 3.36. The largest absolute Gasteiger partial charge is 0.490 e. The Morgan fingerprint density at radius 3 is 2.59 bits per heavy atom. The van der Waals surface area contributed by atoms with E-state index in [1.165, 1.54) is 0 Å². The van der Waals surface area contributed by atoms with Crippen molar-refractivity contribution >= 4 is 23.6 Å². The molecule has 7 nitrogen and oxygen atoms in total. The summed E-state index contributed by atoms with van der Waals surface area (Å²) >= 11 is 1.97. The second-order valence-corrected chi connectivity index (χ2v) is 9.26. The van der Waals surface area contributed by atoms with Gasteiger partial charge in [0.15, 0.2) is 0 Å². The SMILES string of the molecule is O=C(C1CCSCC1)N1C[C@H]2[C@@H](CCOc3ccccn3)CO[C@H]2C1.O=C(O)C(F)(F)F. The third kappa shape index (κ3) is 6.74. The van der Waals surface area contributed by atoms with E-state index in [0.29, 0.717) is 30.2 Å². The first kappa shape index (κ1) is 24.6. The van der Waals surface area contributed by atoms with Crippen LogP contribution in [-0.4, -0.2) is 77.0 Å². The van der Waals surface area contributed by atoms with E-state index in [1.807, 2.05) is 30.0 Å². The number of carboxylic acid groups (broad SMARTS) is 1. The van der Waals surface area contributed by atoms with E-state index in [0.717, 1.165) is 50.5 Å². The number of carbonyl (C=O) groups is 2. The maximum atomic E-state index is 12.8. The van der Waals surface area contributed by atoms with E-state index in [9.17, 15) is 18.0 Å². The Bertz CT molecular complexity index is 762. The molecule has 3 aliphatic heterocycles. The molecule has 0 aromatic carbocycles. The van der Waals surface area contributed by atoms with Crippen molar-refractivity contribution in [1.82, 2.24) is 9.88 Å². The van der Waals surface area contributed by atoms with Crippen LogP contribution in [0.3, 0.4) is 0 Å². The standard InChI is InChI=1S/C19H26N2O3S.C2HF3O2/c22-19(14-5-9-25-10-6-14)21-11-16-15(13-24-17(16)12-21)4-8-23-18-3-1-2-7-20-18;3-2(4,5)1(6)7/h1-3,7,14-17H,4-6,8-13H2;(H,6,7)/t15-,16-,17-;/m0./s1. The van der Waals surface area contributed by atoms with Crippen molar-refractivity contribution in [2.24, 2.45) is 17.8 Å². The average molecular weight is 477 g/mol. The number of aromatic nitrogens is 1. The van der Waals surface area contributed by atoms with Crippen molar-refractivity contribution in [3.63, 3.8) is 0 Å². The normalized spacial score (nSPS) is 25.6. The zero-order valence-electron chi connectivity index (χ0n) is 17.5. The fourth-order valence-electron chi connectivity index (χ4n) is 4.23. The van der Waals surface area contributed by atoms with Gasteiger partial charge >= 0.3 is 12.1 Å². The van der Waals surface area contributed by atoms with Crippen LogP contribution in [0.2, 0.25) is 0 Å². The number of nitrogens with zero attached hydrogens (tertiary/aromatic N) is 2. The summed E-state index contributed by atoms with van der Waals surface area (Å²) in [5, 5.41) is 7.12. The summed E-state index contributed by atoms with van der Waals surface area (Å²) in [7, 11) is 0. The molecule has 11 heteroatoms. The molecular weight excluding hydrogens is 449 g/mol. The number of amides is 1. The fourth-order valence-corrected chi connectivity index (χ4v) is 5.33. The van der Waals surface area contributed by atoms with Gasteiger partial charge in [-0.2, -0.15) is 24.9 Å². The van der Waals surface area contributed by atoms with Crippen LogP contribution in [-0.2, 0) is 14.3 Å². The number of pyridine rings is 1. The van der Waals surface area contributed by atoms with E-state index >= 15 is 0 Å². The van der Waals surface area contributed by atoms with Crippen LogP contribution in [0.1, 0.15) is 19.3 Å². The Balaban J connectivity index is 0.000000360. The van der Waals surface area contributed by atoms with Gasteiger partial charge in [0.1, 0.15) is 0 Å². The van der Waals surface area contributed by atoms with Crippen molar-refractivity contribution in [3.8, 4) is 5.88 Å². The first-order chi connectivity index (χ1) is 15.3. The number of carbonyl (C=O) groups excluding carboxylic acids is 1. The number of aliphatic carboxylic acids is 1. The molecule has 0 saturated carbocycles. The van der Waals surface area contributed by atoms with Crippen LogP contribution < -0.4 is 4.74 Å². The topological polar surface area (TPSA) is 89.0 Å². The molecule has 3 fully saturated rings. The van der Waals surface area contributed by atoms with Crippen molar-refractivity contribution < 1.29 is 37.3 Å². The van der Waals surface area contributed by atoms with Gasteiger partial charge in [-0.15, -0.1) is 0 Å². The lowest BCUT2D eigenvalue weighted by Crippen LogP contribution is -2.37. The number of carboxylic acids is 1. The number of halogens is 3. The minimum Gasteiger partial charge on any atom is -0.478 e. The van der Waals surface area contributed by atoms with Crippen molar-refractivity contribution in [1.29, 1.82) is 0 Å². The second-order valence-electron chi connectivity index (χ2n) is 8.03. The van der Waals surface area contributed by atoms with Crippen molar-refractivity contribution in [2.45, 2.75) is 31.5 Å². The van der Waals surface area contributed by atoms with Gasteiger partial charge in [0.25, 0.3) is 0 Å². The highest BCUT2D eigenvalue weighted by Crippen LogP contribution is 2.37.